The van der Waals surface area contributed by atoms with E-state index in [9.17, 15) is 13.9 Å². The summed E-state index contributed by atoms with van der Waals surface area (Å²) >= 11 is 8.85. The van der Waals surface area contributed by atoms with Crippen molar-refractivity contribution in [2.75, 3.05) is 7.11 Å². The predicted octanol–water partition coefficient (Wildman–Crippen LogP) is 4.47. The summed E-state index contributed by atoms with van der Waals surface area (Å²) in [6, 6.07) is 6.91. The molecule has 2 nitrogen and oxygen atoms in total. The summed E-state index contributed by atoms with van der Waals surface area (Å²) in [5.74, 6) is -1.36. The van der Waals surface area contributed by atoms with E-state index in [4.69, 9.17) is 16.3 Å². The number of hydrogen-bond donors (Lipinski definition) is 1. The molecule has 2 aromatic carbocycles. The van der Waals surface area contributed by atoms with Crippen LogP contribution in [0.25, 0.3) is 0 Å². The standard InChI is InChI=1S/C14H10BrClF2O2/c1-20-10-4-2-3-9(17)11(10)14(19)7-5-6-8(15)12(16)13(7)18/h2-6,14,19H,1H3. The third-order valence-corrected chi connectivity index (χ3v) is 4.12. The summed E-state index contributed by atoms with van der Waals surface area (Å²) in [6.07, 6.45) is -1.52. The van der Waals surface area contributed by atoms with Crippen LogP contribution in [-0.2, 0) is 0 Å². The summed E-state index contributed by atoms with van der Waals surface area (Å²) in [7, 11) is 1.34. The number of benzene rings is 2. The molecule has 106 valence electrons. The lowest BCUT2D eigenvalue weighted by atomic mass is 9.99. The lowest BCUT2D eigenvalue weighted by Crippen LogP contribution is -2.07. The molecule has 0 amide bonds. The Kier molecular flexibility index (Phi) is 4.62. The molecule has 0 spiro atoms. The molecule has 0 aliphatic rings. The van der Waals surface area contributed by atoms with Crippen LogP contribution in [0.3, 0.4) is 0 Å². The van der Waals surface area contributed by atoms with Gasteiger partial charge in [-0.1, -0.05) is 23.7 Å². The Morgan fingerprint density at radius 2 is 1.95 bits per heavy atom. The third-order valence-electron chi connectivity index (χ3n) is 2.87. The molecule has 0 bridgehead atoms. The lowest BCUT2D eigenvalue weighted by Gasteiger charge is -2.17. The van der Waals surface area contributed by atoms with Crippen LogP contribution in [0.15, 0.2) is 34.8 Å². The molecular formula is C14H10BrClF2O2. The number of rotatable bonds is 3. The number of methoxy groups -OCH3 is 1. The fourth-order valence-electron chi connectivity index (χ4n) is 1.87. The molecule has 6 heteroatoms. The highest BCUT2D eigenvalue weighted by Gasteiger charge is 2.24. The molecule has 1 unspecified atom stereocenters. The number of aliphatic hydroxyl groups is 1. The fourth-order valence-corrected chi connectivity index (χ4v) is 2.35. The Morgan fingerprint density at radius 3 is 2.60 bits per heavy atom. The van der Waals surface area contributed by atoms with Crippen LogP contribution in [0.2, 0.25) is 5.02 Å². The maximum absolute atomic E-state index is 14.1. The second kappa shape index (κ2) is 6.08. The Balaban J connectivity index is 2.58. The first-order chi connectivity index (χ1) is 9.47. The van der Waals surface area contributed by atoms with Gasteiger partial charge in [0.05, 0.1) is 17.7 Å². The Hall–Kier alpha value is -1.17. The van der Waals surface area contributed by atoms with Gasteiger partial charge in [0.2, 0.25) is 0 Å². The van der Waals surface area contributed by atoms with E-state index >= 15 is 0 Å². The monoisotopic (exact) mass is 362 g/mol. The van der Waals surface area contributed by atoms with Crippen LogP contribution in [0.5, 0.6) is 5.75 Å². The van der Waals surface area contributed by atoms with Crippen LogP contribution >= 0.6 is 27.5 Å². The van der Waals surface area contributed by atoms with Crippen molar-refractivity contribution in [1.82, 2.24) is 0 Å². The van der Waals surface area contributed by atoms with Crippen molar-refractivity contribution < 1.29 is 18.6 Å². The maximum Gasteiger partial charge on any atom is 0.149 e. The highest BCUT2D eigenvalue weighted by molar-refractivity contribution is 9.10. The van der Waals surface area contributed by atoms with Crippen molar-refractivity contribution in [3.05, 3.63) is 62.6 Å². The van der Waals surface area contributed by atoms with Gasteiger partial charge in [-0.15, -0.1) is 0 Å². The van der Waals surface area contributed by atoms with E-state index in [0.717, 1.165) is 0 Å². The van der Waals surface area contributed by atoms with E-state index in [1.54, 1.807) is 0 Å². The zero-order valence-electron chi connectivity index (χ0n) is 10.3. The van der Waals surface area contributed by atoms with Crippen molar-refractivity contribution in [3.8, 4) is 5.75 Å². The van der Waals surface area contributed by atoms with E-state index < -0.39 is 17.7 Å². The van der Waals surface area contributed by atoms with E-state index in [1.165, 1.54) is 37.4 Å². The zero-order chi connectivity index (χ0) is 14.9. The molecule has 2 rings (SSSR count). The number of ether oxygens (including phenoxy) is 1. The van der Waals surface area contributed by atoms with Crippen molar-refractivity contribution in [3.63, 3.8) is 0 Å². The minimum atomic E-state index is -1.52. The summed E-state index contributed by atoms with van der Waals surface area (Å²) in [6.45, 7) is 0. The Morgan fingerprint density at radius 1 is 1.25 bits per heavy atom. The topological polar surface area (TPSA) is 29.5 Å². The zero-order valence-corrected chi connectivity index (χ0v) is 12.7. The minimum Gasteiger partial charge on any atom is -0.496 e. The number of aliphatic hydroxyl groups excluding tert-OH is 1. The van der Waals surface area contributed by atoms with Gasteiger partial charge < -0.3 is 9.84 Å². The highest BCUT2D eigenvalue weighted by atomic mass is 79.9. The van der Waals surface area contributed by atoms with Gasteiger partial charge in [-0.25, -0.2) is 8.78 Å². The van der Waals surface area contributed by atoms with E-state index in [0.29, 0.717) is 4.47 Å². The minimum absolute atomic E-state index is 0.124. The van der Waals surface area contributed by atoms with Crippen LogP contribution in [0.4, 0.5) is 8.78 Å². The number of halogens is 4. The normalized spacial score (nSPS) is 12.3. The van der Waals surface area contributed by atoms with E-state index in [-0.39, 0.29) is 21.9 Å². The van der Waals surface area contributed by atoms with Crippen molar-refractivity contribution >= 4 is 27.5 Å². The van der Waals surface area contributed by atoms with Crippen LogP contribution in [0.1, 0.15) is 17.2 Å². The van der Waals surface area contributed by atoms with Gasteiger partial charge in [0.15, 0.2) is 0 Å². The summed E-state index contributed by atoms with van der Waals surface area (Å²) in [5.41, 5.74) is -0.256. The second-order valence-electron chi connectivity index (χ2n) is 4.02. The fraction of sp³-hybridized carbons (Fsp3) is 0.143. The average molecular weight is 364 g/mol. The highest BCUT2D eigenvalue weighted by Crippen LogP contribution is 2.36. The molecule has 20 heavy (non-hydrogen) atoms. The smallest absolute Gasteiger partial charge is 0.149 e. The van der Waals surface area contributed by atoms with Gasteiger partial charge in [-0.05, 0) is 34.1 Å². The van der Waals surface area contributed by atoms with Crippen molar-refractivity contribution in [2.45, 2.75) is 6.10 Å². The summed E-state index contributed by atoms with van der Waals surface area (Å²) in [5, 5.41) is 10.1. The number of hydrogen-bond acceptors (Lipinski definition) is 2. The molecule has 0 heterocycles. The van der Waals surface area contributed by atoms with Crippen LogP contribution in [-0.4, -0.2) is 12.2 Å². The lowest BCUT2D eigenvalue weighted by molar-refractivity contribution is 0.204. The van der Waals surface area contributed by atoms with Gasteiger partial charge >= 0.3 is 0 Å². The molecule has 0 saturated carbocycles. The van der Waals surface area contributed by atoms with Gasteiger partial charge in [0, 0.05) is 10.0 Å². The van der Waals surface area contributed by atoms with E-state index in [1.807, 2.05) is 0 Å². The first-order valence-corrected chi connectivity index (χ1v) is 6.78. The molecule has 0 saturated heterocycles. The van der Waals surface area contributed by atoms with Crippen LogP contribution in [0, 0.1) is 11.6 Å². The van der Waals surface area contributed by atoms with Gasteiger partial charge in [-0.2, -0.15) is 0 Å². The first-order valence-electron chi connectivity index (χ1n) is 5.61. The SMILES string of the molecule is COc1cccc(F)c1C(O)c1ccc(Br)c(Cl)c1F. The Bertz CT molecular complexity index is 649. The first kappa shape index (κ1) is 15.2. The van der Waals surface area contributed by atoms with Crippen molar-refractivity contribution in [1.29, 1.82) is 0 Å². The van der Waals surface area contributed by atoms with Gasteiger partial charge in [0.1, 0.15) is 23.5 Å². The molecule has 0 fully saturated rings. The van der Waals surface area contributed by atoms with Gasteiger partial charge in [-0.3, -0.25) is 0 Å². The largest absolute Gasteiger partial charge is 0.496 e. The quantitative estimate of drug-likeness (QED) is 0.815. The molecule has 0 aliphatic heterocycles. The third kappa shape index (κ3) is 2.66. The molecular weight excluding hydrogens is 354 g/mol. The molecule has 2 aromatic rings. The Labute approximate surface area is 128 Å². The second-order valence-corrected chi connectivity index (χ2v) is 5.26. The van der Waals surface area contributed by atoms with E-state index in [2.05, 4.69) is 15.9 Å². The van der Waals surface area contributed by atoms with Crippen molar-refractivity contribution in [2.24, 2.45) is 0 Å². The summed E-state index contributed by atoms with van der Waals surface area (Å²) in [4.78, 5) is 0. The molecule has 0 aromatic heterocycles. The molecule has 1 atom stereocenters. The maximum atomic E-state index is 14.1. The predicted molar refractivity (Wildman–Crippen MR) is 76.1 cm³/mol. The van der Waals surface area contributed by atoms with Gasteiger partial charge in [0.25, 0.3) is 0 Å². The average Bonchev–Trinajstić information content (AvgIpc) is 2.44. The van der Waals surface area contributed by atoms with Crippen LogP contribution < -0.4 is 4.74 Å². The molecule has 0 radical (unpaired) electrons. The summed E-state index contributed by atoms with van der Waals surface area (Å²) < 4.78 is 33.3. The molecule has 1 N–H and O–H groups in total. The molecule has 0 aliphatic carbocycles.